The Labute approximate surface area is 139 Å². The molecule has 1 aliphatic heterocycles. The molecular formula is C18H29NO4. The van der Waals surface area contributed by atoms with Gasteiger partial charge < -0.3 is 18.9 Å². The van der Waals surface area contributed by atoms with Crippen molar-refractivity contribution in [2.45, 2.75) is 33.0 Å². The van der Waals surface area contributed by atoms with E-state index in [4.69, 9.17) is 18.9 Å². The number of hydrogen-bond acceptors (Lipinski definition) is 5. The Morgan fingerprint density at radius 3 is 2.30 bits per heavy atom. The van der Waals surface area contributed by atoms with E-state index in [9.17, 15) is 0 Å². The number of nitrogens with zero attached hydrogens (tertiary/aromatic N) is 1. The van der Waals surface area contributed by atoms with E-state index in [-0.39, 0.29) is 0 Å². The Bertz CT molecular complexity index is 444. The van der Waals surface area contributed by atoms with E-state index in [1.54, 1.807) is 0 Å². The van der Waals surface area contributed by atoms with Crippen LogP contribution >= 0.6 is 0 Å². The highest BCUT2D eigenvalue weighted by atomic mass is 16.5. The summed E-state index contributed by atoms with van der Waals surface area (Å²) in [6, 6.07) is 7.72. The summed E-state index contributed by atoms with van der Waals surface area (Å²) in [5, 5.41) is 0. The van der Waals surface area contributed by atoms with Crippen LogP contribution in [0.15, 0.2) is 24.3 Å². The smallest absolute Gasteiger partial charge is 0.161 e. The first kappa shape index (κ1) is 18.0. The number of para-hydroxylation sites is 2. The summed E-state index contributed by atoms with van der Waals surface area (Å²) in [5.74, 6) is 1.56. The lowest BCUT2D eigenvalue weighted by Crippen LogP contribution is -2.46. The maximum absolute atomic E-state index is 5.73. The Kier molecular flexibility index (Phi) is 7.65. The molecular weight excluding hydrogens is 294 g/mol. The fraction of sp³-hybridized carbons (Fsp3) is 0.667. The molecule has 2 atom stereocenters. The second-order valence-corrected chi connectivity index (χ2v) is 5.86. The predicted octanol–water partition coefficient (Wildman–Crippen LogP) is 2.59. The lowest BCUT2D eigenvalue weighted by molar-refractivity contribution is -0.0734. The molecule has 0 unspecified atom stereocenters. The summed E-state index contributed by atoms with van der Waals surface area (Å²) in [5.41, 5.74) is 0. The van der Waals surface area contributed by atoms with Gasteiger partial charge in [0.05, 0.1) is 32.0 Å². The highest BCUT2D eigenvalue weighted by Crippen LogP contribution is 2.26. The van der Waals surface area contributed by atoms with E-state index in [1.165, 1.54) is 0 Å². The third-order valence-electron chi connectivity index (χ3n) is 3.68. The maximum Gasteiger partial charge on any atom is 0.161 e. The lowest BCUT2D eigenvalue weighted by Gasteiger charge is -2.35. The predicted molar refractivity (Wildman–Crippen MR) is 90.4 cm³/mol. The molecule has 0 aromatic heterocycles. The summed E-state index contributed by atoms with van der Waals surface area (Å²) in [7, 11) is 0. The van der Waals surface area contributed by atoms with Crippen LogP contribution in [0.1, 0.15) is 20.8 Å². The minimum atomic E-state index is 0.303. The Hall–Kier alpha value is -1.30. The Morgan fingerprint density at radius 1 is 1.00 bits per heavy atom. The average Bonchev–Trinajstić information content (AvgIpc) is 2.51. The second kappa shape index (κ2) is 9.75. The molecule has 2 rings (SSSR count). The fourth-order valence-electron chi connectivity index (χ4n) is 2.82. The average molecular weight is 323 g/mol. The van der Waals surface area contributed by atoms with Gasteiger partial charge in [0.15, 0.2) is 11.5 Å². The van der Waals surface area contributed by atoms with Crippen molar-refractivity contribution in [2.24, 2.45) is 0 Å². The molecule has 1 saturated heterocycles. The number of morpholine rings is 1. The minimum Gasteiger partial charge on any atom is -0.490 e. The molecule has 5 nitrogen and oxygen atoms in total. The van der Waals surface area contributed by atoms with Crippen LogP contribution in [0.2, 0.25) is 0 Å². The molecule has 23 heavy (non-hydrogen) atoms. The van der Waals surface area contributed by atoms with Crippen molar-refractivity contribution >= 4 is 0 Å². The number of rotatable bonds is 9. The van der Waals surface area contributed by atoms with Gasteiger partial charge in [-0.3, -0.25) is 4.90 Å². The van der Waals surface area contributed by atoms with Gasteiger partial charge in [-0.25, -0.2) is 0 Å². The molecule has 1 fully saturated rings. The van der Waals surface area contributed by atoms with Gasteiger partial charge in [-0.1, -0.05) is 12.1 Å². The van der Waals surface area contributed by atoms with Crippen LogP contribution in [0, 0.1) is 0 Å². The number of ether oxygens (including phenoxy) is 4. The zero-order valence-corrected chi connectivity index (χ0v) is 14.5. The number of hydrogen-bond donors (Lipinski definition) is 0. The van der Waals surface area contributed by atoms with Crippen LogP contribution in [-0.4, -0.2) is 63.2 Å². The van der Waals surface area contributed by atoms with E-state index in [2.05, 4.69) is 18.7 Å². The van der Waals surface area contributed by atoms with Crippen molar-refractivity contribution in [1.82, 2.24) is 4.90 Å². The summed E-state index contributed by atoms with van der Waals surface area (Å²) in [6.45, 7) is 11.6. The molecule has 0 amide bonds. The highest BCUT2D eigenvalue weighted by molar-refractivity contribution is 5.39. The van der Waals surface area contributed by atoms with Crippen LogP contribution in [0.25, 0.3) is 0 Å². The summed E-state index contributed by atoms with van der Waals surface area (Å²) in [6.07, 6.45) is 0.606. The molecule has 1 heterocycles. The van der Waals surface area contributed by atoms with Crippen molar-refractivity contribution in [3.63, 3.8) is 0 Å². The third kappa shape index (κ3) is 6.37. The van der Waals surface area contributed by atoms with Gasteiger partial charge in [0.2, 0.25) is 0 Å². The van der Waals surface area contributed by atoms with Gasteiger partial charge >= 0.3 is 0 Å². The summed E-state index contributed by atoms with van der Waals surface area (Å²) < 4.78 is 22.7. The van der Waals surface area contributed by atoms with E-state index < -0.39 is 0 Å². The van der Waals surface area contributed by atoms with Crippen molar-refractivity contribution in [3.05, 3.63) is 24.3 Å². The molecule has 0 saturated carbocycles. The minimum absolute atomic E-state index is 0.303. The van der Waals surface area contributed by atoms with Gasteiger partial charge in [-0.15, -0.1) is 0 Å². The molecule has 0 N–H and O–H groups in total. The summed E-state index contributed by atoms with van der Waals surface area (Å²) >= 11 is 0. The van der Waals surface area contributed by atoms with Gasteiger partial charge in [0, 0.05) is 19.6 Å². The molecule has 1 aliphatic rings. The first-order valence-electron chi connectivity index (χ1n) is 8.49. The van der Waals surface area contributed by atoms with Crippen molar-refractivity contribution in [1.29, 1.82) is 0 Å². The quantitative estimate of drug-likeness (QED) is 0.653. The van der Waals surface area contributed by atoms with Crippen molar-refractivity contribution in [2.75, 3.05) is 46.1 Å². The molecule has 1 aromatic carbocycles. The Balaban J connectivity index is 1.59. The second-order valence-electron chi connectivity index (χ2n) is 5.86. The molecule has 0 spiro atoms. The zero-order chi connectivity index (χ0) is 16.5. The Morgan fingerprint density at radius 2 is 1.65 bits per heavy atom. The van der Waals surface area contributed by atoms with Crippen molar-refractivity contribution < 1.29 is 18.9 Å². The van der Waals surface area contributed by atoms with Crippen LogP contribution in [-0.2, 0) is 9.47 Å². The molecule has 5 heteroatoms. The van der Waals surface area contributed by atoms with Crippen LogP contribution in [0.4, 0.5) is 0 Å². The molecule has 130 valence electrons. The van der Waals surface area contributed by atoms with Crippen LogP contribution in [0.5, 0.6) is 11.5 Å². The van der Waals surface area contributed by atoms with Gasteiger partial charge in [0.25, 0.3) is 0 Å². The van der Waals surface area contributed by atoms with E-state index >= 15 is 0 Å². The molecule has 1 aromatic rings. The van der Waals surface area contributed by atoms with Crippen molar-refractivity contribution in [3.8, 4) is 11.5 Å². The fourth-order valence-corrected chi connectivity index (χ4v) is 2.82. The van der Waals surface area contributed by atoms with E-state index in [0.717, 1.165) is 37.7 Å². The third-order valence-corrected chi connectivity index (χ3v) is 3.68. The lowest BCUT2D eigenvalue weighted by atomic mass is 10.2. The van der Waals surface area contributed by atoms with E-state index in [0.29, 0.717) is 32.0 Å². The number of benzene rings is 1. The van der Waals surface area contributed by atoms with Gasteiger partial charge in [0.1, 0.15) is 6.61 Å². The largest absolute Gasteiger partial charge is 0.490 e. The highest BCUT2D eigenvalue weighted by Gasteiger charge is 2.21. The van der Waals surface area contributed by atoms with E-state index in [1.807, 2.05) is 31.2 Å². The molecule has 0 radical (unpaired) electrons. The zero-order valence-electron chi connectivity index (χ0n) is 14.5. The molecule has 0 aliphatic carbocycles. The monoisotopic (exact) mass is 323 g/mol. The first-order valence-corrected chi connectivity index (χ1v) is 8.49. The standard InChI is InChI=1S/C18H29NO4/c1-4-21-17-7-5-6-8-18(17)22-12-11-20-10-9-19-13-15(2)23-16(3)14-19/h5-8,15-16H,4,9-14H2,1-3H3/t15-,16+. The molecule has 0 bridgehead atoms. The first-order chi connectivity index (χ1) is 11.2. The van der Waals surface area contributed by atoms with Crippen LogP contribution < -0.4 is 9.47 Å². The van der Waals surface area contributed by atoms with Gasteiger partial charge in [-0.05, 0) is 32.9 Å². The van der Waals surface area contributed by atoms with Crippen LogP contribution in [0.3, 0.4) is 0 Å². The maximum atomic E-state index is 5.73. The van der Waals surface area contributed by atoms with Gasteiger partial charge in [-0.2, -0.15) is 0 Å². The topological polar surface area (TPSA) is 40.2 Å². The normalized spacial score (nSPS) is 22.0. The summed E-state index contributed by atoms with van der Waals surface area (Å²) in [4.78, 5) is 2.39. The SMILES string of the molecule is CCOc1ccccc1OCCOCCN1C[C@@H](C)O[C@@H](C)C1.